The summed E-state index contributed by atoms with van der Waals surface area (Å²) < 4.78 is 5.48. The Hall–Kier alpha value is -1.40. The topological polar surface area (TPSA) is 95.9 Å². The van der Waals surface area contributed by atoms with Gasteiger partial charge in [-0.3, -0.25) is 9.59 Å². The fourth-order valence-electron chi connectivity index (χ4n) is 11.6. The number of aliphatic hydroxyl groups excluding tert-OH is 2. The molecule has 6 heteroatoms. The Morgan fingerprint density at radius 1 is 0.346 bits per heavy atom. The van der Waals surface area contributed by atoms with Crippen molar-refractivity contribution in [2.24, 2.45) is 0 Å². The van der Waals surface area contributed by atoms with E-state index >= 15 is 0 Å². The molecule has 0 spiro atoms. The molecule has 0 fully saturated rings. The Bertz CT molecular complexity index is 1180. The van der Waals surface area contributed by atoms with E-state index in [0.717, 1.165) is 44.9 Å². The quantitative estimate of drug-likeness (QED) is 0.0320. The van der Waals surface area contributed by atoms with Gasteiger partial charge in [-0.2, -0.15) is 0 Å². The molecule has 0 rings (SSSR count). The first-order valence-corrected chi connectivity index (χ1v) is 35.9. The lowest BCUT2D eigenvalue weighted by molar-refractivity contribution is -0.143. The number of hydrogen-bond acceptors (Lipinski definition) is 5. The first-order chi connectivity index (χ1) is 38.5. The Morgan fingerprint density at radius 2 is 0.603 bits per heavy atom. The smallest absolute Gasteiger partial charge is 0.305 e. The molecule has 0 radical (unpaired) electrons. The second-order valence-electron chi connectivity index (χ2n) is 24.9. The highest BCUT2D eigenvalue weighted by Gasteiger charge is 2.20. The molecule has 0 aromatic rings. The number of unbranched alkanes of at least 4 members (excludes halogenated alkanes) is 55. The molecule has 0 aromatic carbocycles. The van der Waals surface area contributed by atoms with E-state index in [1.165, 1.54) is 334 Å². The number of nitrogens with one attached hydrogen (secondary N) is 1. The van der Waals surface area contributed by atoms with Crippen molar-refractivity contribution < 1.29 is 24.5 Å². The van der Waals surface area contributed by atoms with E-state index in [2.05, 4.69) is 31.3 Å². The second kappa shape index (κ2) is 68.1. The van der Waals surface area contributed by atoms with Crippen LogP contribution in [-0.2, 0) is 14.3 Å². The van der Waals surface area contributed by atoms with Crippen LogP contribution >= 0.6 is 0 Å². The fraction of sp³-hybridized carbons (Fsp3) is 0.944. The van der Waals surface area contributed by atoms with Gasteiger partial charge in [-0.1, -0.05) is 360 Å². The van der Waals surface area contributed by atoms with Gasteiger partial charge in [-0.15, -0.1) is 0 Å². The highest BCUT2D eigenvalue weighted by molar-refractivity contribution is 5.76. The monoisotopic (exact) mass is 1100 g/mol. The first kappa shape index (κ1) is 76.6. The summed E-state index contributed by atoms with van der Waals surface area (Å²) >= 11 is 0. The molecule has 1 amide bonds. The van der Waals surface area contributed by atoms with E-state index in [4.69, 9.17) is 4.74 Å². The number of hydrogen-bond donors (Lipinski definition) is 3. The molecular weight excluding hydrogens is 959 g/mol. The van der Waals surface area contributed by atoms with Gasteiger partial charge in [0.1, 0.15) is 0 Å². The zero-order valence-corrected chi connectivity index (χ0v) is 53.2. The minimum atomic E-state index is -0.660. The van der Waals surface area contributed by atoms with Crippen molar-refractivity contribution in [3.8, 4) is 0 Å². The zero-order chi connectivity index (χ0) is 56.4. The van der Waals surface area contributed by atoms with Crippen LogP contribution in [0.4, 0.5) is 0 Å². The van der Waals surface area contributed by atoms with Crippen LogP contribution in [-0.4, -0.2) is 47.4 Å². The van der Waals surface area contributed by atoms with Crippen LogP contribution in [0.1, 0.15) is 412 Å². The zero-order valence-electron chi connectivity index (χ0n) is 53.2. The number of allylic oxidation sites excluding steroid dienone is 2. The lowest BCUT2D eigenvalue weighted by Gasteiger charge is -2.22. The lowest BCUT2D eigenvalue weighted by Crippen LogP contribution is -2.45. The standard InChI is InChI=1S/C72H141NO5/c1-3-5-7-9-11-13-15-17-18-35-38-41-44-48-52-56-60-64-70(75)69(68-74)73-71(76)65-61-57-53-49-45-42-39-36-33-31-29-27-25-23-21-19-20-22-24-26-28-30-32-34-37-40-43-47-51-55-59-63-67-78-72(77)66-62-58-54-50-46-16-14-12-10-8-6-4-2/h12,14,69-70,74-75H,3-11,13,15-68H2,1-2H3,(H,73,76)/b14-12-. The van der Waals surface area contributed by atoms with Gasteiger partial charge in [-0.05, 0) is 51.4 Å². The van der Waals surface area contributed by atoms with Crippen LogP contribution in [0.25, 0.3) is 0 Å². The first-order valence-electron chi connectivity index (χ1n) is 35.9. The van der Waals surface area contributed by atoms with Crippen molar-refractivity contribution in [2.45, 2.75) is 424 Å². The summed E-state index contributed by atoms with van der Waals surface area (Å²) in [6.07, 6.45) is 84.2. The second-order valence-corrected chi connectivity index (χ2v) is 24.9. The van der Waals surface area contributed by atoms with Crippen molar-refractivity contribution in [3.05, 3.63) is 12.2 Å². The minimum Gasteiger partial charge on any atom is -0.466 e. The van der Waals surface area contributed by atoms with Crippen molar-refractivity contribution in [1.82, 2.24) is 5.32 Å². The summed E-state index contributed by atoms with van der Waals surface area (Å²) in [5, 5.41) is 23.4. The molecule has 0 aliphatic carbocycles. The summed E-state index contributed by atoms with van der Waals surface area (Å²) in [6.45, 7) is 4.97. The van der Waals surface area contributed by atoms with Crippen LogP contribution < -0.4 is 5.32 Å². The summed E-state index contributed by atoms with van der Waals surface area (Å²) in [6, 6.07) is -0.537. The van der Waals surface area contributed by atoms with Gasteiger partial charge in [0.15, 0.2) is 0 Å². The molecule has 0 heterocycles. The van der Waals surface area contributed by atoms with Gasteiger partial charge in [-0.25, -0.2) is 0 Å². The summed E-state index contributed by atoms with van der Waals surface area (Å²) in [5.74, 6) is -0.0144. The van der Waals surface area contributed by atoms with E-state index in [1.54, 1.807) is 0 Å². The average Bonchev–Trinajstić information content (AvgIpc) is 3.44. The number of ether oxygens (including phenoxy) is 1. The van der Waals surface area contributed by atoms with Gasteiger partial charge in [0, 0.05) is 12.8 Å². The third kappa shape index (κ3) is 63.8. The Labute approximate surface area is 489 Å². The van der Waals surface area contributed by atoms with Crippen molar-refractivity contribution >= 4 is 11.9 Å². The summed E-state index contributed by atoms with van der Waals surface area (Å²) in [7, 11) is 0. The fourth-order valence-corrected chi connectivity index (χ4v) is 11.6. The highest BCUT2D eigenvalue weighted by Crippen LogP contribution is 2.20. The Morgan fingerprint density at radius 3 is 0.936 bits per heavy atom. The van der Waals surface area contributed by atoms with Crippen LogP contribution in [0.5, 0.6) is 0 Å². The minimum absolute atomic E-state index is 0.0119. The molecular formula is C72H141NO5. The van der Waals surface area contributed by atoms with Crippen molar-refractivity contribution in [3.63, 3.8) is 0 Å². The van der Waals surface area contributed by atoms with Crippen LogP contribution in [0.15, 0.2) is 12.2 Å². The van der Waals surface area contributed by atoms with Crippen LogP contribution in [0, 0.1) is 0 Å². The third-order valence-electron chi connectivity index (χ3n) is 17.1. The molecule has 0 saturated heterocycles. The van der Waals surface area contributed by atoms with E-state index in [-0.39, 0.29) is 18.5 Å². The molecule has 3 N–H and O–H groups in total. The molecule has 2 atom stereocenters. The Kier molecular flexibility index (Phi) is 66.9. The number of aliphatic hydroxyl groups is 2. The number of carbonyl (C=O) groups excluding carboxylic acids is 2. The lowest BCUT2D eigenvalue weighted by atomic mass is 10.0. The molecule has 464 valence electrons. The SMILES string of the molecule is CCCCC/C=C\CCCCCCCC(=O)OCCCCCCCCCCCCCCCCCCCCCCCCCCCCCCCCCCC(=O)NC(CO)C(O)CCCCCCCCCCCCCCCCCCC. The number of amides is 1. The highest BCUT2D eigenvalue weighted by atomic mass is 16.5. The summed E-state index contributed by atoms with van der Waals surface area (Å²) in [4.78, 5) is 24.6. The normalized spacial score (nSPS) is 12.5. The van der Waals surface area contributed by atoms with E-state index in [9.17, 15) is 19.8 Å². The predicted molar refractivity (Wildman–Crippen MR) is 343 cm³/mol. The number of esters is 1. The van der Waals surface area contributed by atoms with Crippen molar-refractivity contribution in [2.75, 3.05) is 13.2 Å². The van der Waals surface area contributed by atoms with Gasteiger partial charge in [0.2, 0.25) is 5.91 Å². The predicted octanol–water partition coefficient (Wildman–Crippen LogP) is 23.1. The van der Waals surface area contributed by atoms with Crippen LogP contribution in [0.3, 0.4) is 0 Å². The van der Waals surface area contributed by atoms with Gasteiger partial charge in [0.25, 0.3) is 0 Å². The third-order valence-corrected chi connectivity index (χ3v) is 17.1. The number of carbonyl (C=O) groups is 2. The maximum Gasteiger partial charge on any atom is 0.305 e. The summed E-state index contributed by atoms with van der Waals surface area (Å²) in [5.41, 5.74) is 0. The van der Waals surface area contributed by atoms with Crippen molar-refractivity contribution in [1.29, 1.82) is 0 Å². The maximum absolute atomic E-state index is 12.5. The molecule has 2 unspecified atom stereocenters. The number of rotatable bonds is 68. The molecule has 6 nitrogen and oxygen atoms in total. The molecule has 0 bridgehead atoms. The van der Waals surface area contributed by atoms with Crippen LogP contribution in [0.2, 0.25) is 0 Å². The average molecular weight is 1100 g/mol. The van der Waals surface area contributed by atoms with Gasteiger partial charge < -0.3 is 20.3 Å². The molecule has 0 aromatic heterocycles. The maximum atomic E-state index is 12.5. The molecule has 0 aliphatic rings. The Balaban J connectivity index is 3.32. The van der Waals surface area contributed by atoms with Gasteiger partial charge in [0.05, 0.1) is 25.4 Å². The van der Waals surface area contributed by atoms with E-state index < -0.39 is 12.1 Å². The van der Waals surface area contributed by atoms with Gasteiger partial charge >= 0.3 is 5.97 Å². The van der Waals surface area contributed by atoms with E-state index in [1.807, 2.05) is 0 Å². The molecule has 0 aliphatic heterocycles. The molecule has 78 heavy (non-hydrogen) atoms. The van der Waals surface area contributed by atoms with E-state index in [0.29, 0.717) is 25.9 Å². The molecule has 0 saturated carbocycles. The largest absolute Gasteiger partial charge is 0.466 e.